The molecule has 13 heteroatoms. The van der Waals surface area contributed by atoms with Crippen LogP contribution in [-0.4, -0.2) is 128 Å². The monoisotopic (exact) mass is 1250 g/mol. The Morgan fingerprint density at radius 1 is 0.371 bits per heavy atom. The number of hydrogen-bond donors (Lipinski definition) is 4. The molecule has 2 heterocycles. The molecule has 0 amide bonds. The molecule has 508 valence electrons. The summed E-state index contributed by atoms with van der Waals surface area (Å²) in [5.41, 5.74) is 2.83. The van der Waals surface area contributed by atoms with E-state index in [1.54, 1.807) is 0 Å². The molecule has 17 atom stereocenters. The topological polar surface area (TPSA) is 164 Å². The van der Waals surface area contributed by atoms with Gasteiger partial charge < -0.3 is 63.1 Å². The molecule has 2 fully saturated rings. The average molecular weight is 1250 g/mol. The van der Waals surface area contributed by atoms with Gasteiger partial charge in [0.2, 0.25) is 0 Å². The molecule has 2 aliphatic heterocycles. The van der Waals surface area contributed by atoms with Crippen molar-refractivity contribution >= 4 is 0 Å². The van der Waals surface area contributed by atoms with Crippen molar-refractivity contribution in [2.75, 3.05) is 39.6 Å². The van der Waals surface area contributed by atoms with Gasteiger partial charge in [0.05, 0.1) is 46.2 Å². The molecule has 13 nitrogen and oxygen atoms in total. The predicted octanol–water partition coefficient (Wildman–Crippen LogP) is 15.6. The molecule has 0 aliphatic carbocycles. The van der Waals surface area contributed by atoms with Crippen LogP contribution < -0.4 is 0 Å². The fraction of sp³-hybridized carbons (Fsp3) is 0.763. The zero-order chi connectivity index (χ0) is 64.2. The second-order valence-electron chi connectivity index (χ2n) is 28.3. The largest absolute Gasteiger partial charge is 0.394 e. The van der Waals surface area contributed by atoms with Gasteiger partial charge >= 0.3 is 0 Å². The summed E-state index contributed by atoms with van der Waals surface area (Å²) in [6.45, 7) is 25.2. The summed E-state index contributed by atoms with van der Waals surface area (Å²) in [6.07, 6.45) is 13.0. The summed E-state index contributed by atoms with van der Waals surface area (Å²) >= 11 is 0. The number of aliphatic hydroxyl groups is 4. The fourth-order valence-electron chi connectivity index (χ4n) is 12.6. The van der Waals surface area contributed by atoms with Gasteiger partial charge in [-0.1, -0.05) is 276 Å². The van der Waals surface area contributed by atoms with Crippen molar-refractivity contribution in [3.05, 3.63) is 108 Å². The van der Waals surface area contributed by atoms with Gasteiger partial charge in [-0.15, -0.1) is 0 Å². The smallest absolute Gasteiger partial charge is 0.187 e. The van der Waals surface area contributed by atoms with E-state index in [0.717, 1.165) is 71.5 Å². The highest BCUT2D eigenvalue weighted by atomic mass is 16.7. The second kappa shape index (κ2) is 44.7. The highest BCUT2D eigenvalue weighted by Crippen LogP contribution is 2.34. The Kier molecular flexibility index (Phi) is 38.6. The Morgan fingerprint density at radius 2 is 0.753 bits per heavy atom. The lowest BCUT2D eigenvalue weighted by atomic mass is 9.91. The molecule has 89 heavy (non-hydrogen) atoms. The Balaban J connectivity index is 1.30. The van der Waals surface area contributed by atoms with E-state index in [1.807, 2.05) is 91.0 Å². The minimum atomic E-state index is -1.63. The average Bonchev–Trinajstić information content (AvgIpc) is 2.80. The predicted molar refractivity (Wildman–Crippen MR) is 357 cm³/mol. The van der Waals surface area contributed by atoms with E-state index in [9.17, 15) is 20.4 Å². The zero-order valence-corrected chi connectivity index (χ0v) is 57.1. The maximum atomic E-state index is 11.1. The van der Waals surface area contributed by atoms with Gasteiger partial charge in [0.15, 0.2) is 12.6 Å². The molecule has 2 saturated heterocycles. The molecule has 0 radical (unpaired) electrons. The second-order valence-corrected chi connectivity index (χ2v) is 28.3. The third-order valence-corrected chi connectivity index (χ3v) is 18.7. The zero-order valence-electron chi connectivity index (χ0n) is 57.1. The van der Waals surface area contributed by atoms with Crippen LogP contribution in [0.25, 0.3) is 0 Å². The molecule has 3 aromatic rings. The summed E-state index contributed by atoms with van der Waals surface area (Å²) in [6, 6.07) is 29.7. The first kappa shape index (κ1) is 76.8. The van der Waals surface area contributed by atoms with Crippen LogP contribution in [-0.2, 0) is 62.5 Å². The first-order chi connectivity index (χ1) is 43.0. The van der Waals surface area contributed by atoms with Crippen LogP contribution >= 0.6 is 0 Å². The van der Waals surface area contributed by atoms with E-state index >= 15 is 0 Å². The first-order valence-corrected chi connectivity index (χ1v) is 35.3. The number of hydrogen-bond acceptors (Lipinski definition) is 13. The van der Waals surface area contributed by atoms with Crippen molar-refractivity contribution in [2.24, 2.45) is 47.3 Å². The van der Waals surface area contributed by atoms with Gasteiger partial charge in [0.25, 0.3) is 0 Å². The Hall–Kier alpha value is -2.86. The summed E-state index contributed by atoms with van der Waals surface area (Å²) in [7, 11) is 0. The van der Waals surface area contributed by atoms with Crippen molar-refractivity contribution in [1.82, 2.24) is 0 Å². The lowest BCUT2D eigenvalue weighted by Gasteiger charge is -2.46. The quantitative estimate of drug-likeness (QED) is 0.0395. The Labute approximate surface area is 540 Å². The molecule has 0 spiro atoms. The Bertz CT molecular complexity index is 2150. The molecule has 2 aliphatic rings. The molecule has 3 aromatic carbocycles. The SMILES string of the molecule is CC(C)CCC[C@@H](C)CCC[C@@H](C)CCC[C@@H](C)CCOC[C@H](CO[C@H]1O[C@H](CO[C@@H]2O[C@H](CO)[C@@H](O)[C@H](O)[C@H]2O)[C@@H](OCc2ccccc2)[C@H](OCc2ccccc2)[C@H]1OCc1ccccc1)OCC[C@H](C)CCC[C@H](C)CCC[C@H](C)CCCC(C)C. The lowest BCUT2D eigenvalue weighted by Crippen LogP contribution is -2.63. The van der Waals surface area contributed by atoms with E-state index in [4.69, 9.17) is 42.6 Å². The van der Waals surface area contributed by atoms with Gasteiger partial charge in [-0.05, 0) is 76.9 Å². The van der Waals surface area contributed by atoms with Gasteiger partial charge in [-0.3, -0.25) is 0 Å². The van der Waals surface area contributed by atoms with Gasteiger partial charge in [0, 0.05) is 13.2 Å². The molecule has 0 saturated carbocycles. The van der Waals surface area contributed by atoms with Crippen molar-refractivity contribution in [3.63, 3.8) is 0 Å². The highest BCUT2D eigenvalue weighted by molar-refractivity contribution is 5.16. The normalized spacial score (nSPS) is 24.8. The van der Waals surface area contributed by atoms with E-state index < -0.39 is 74.1 Å². The summed E-state index contributed by atoms with van der Waals surface area (Å²) in [5, 5.41) is 42.6. The minimum Gasteiger partial charge on any atom is -0.394 e. The molecular formula is C76H126O13. The Morgan fingerprint density at radius 3 is 1.18 bits per heavy atom. The number of rotatable bonds is 49. The van der Waals surface area contributed by atoms with E-state index in [0.29, 0.717) is 31.7 Å². The third-order valence-electron chi connectivity index (χ3n) is 18.7. The van der Waals surface area contributed by atoms with Gasteiger partial charge in [0.1, 0.15) is 54.9 Å². The highest BCUT2D eigenvalue weighted by Gasteiger charge is 2.51. The van der Waals surface area contributed by atoms with Crippen LogP contribution in [0.1, 0.15) is 214 Å². The van der Waals surface area contributed by atoms with Crippen LogP contribution in [0.15, 0.2) is 91.0 Å². The molecule has 4 N–H and O–H groups in total. The number of aliphatic hydroxyl groups excluding tert-OH is 4. The van der Waals surface area contributed by atoms with Gasteiger partial charge in [-0.25, -0.2) is 0 Å². The van der Waals surface area contributed by atoms with E-state index in [1.165, 1.54) is 109 Å². The lowest BCUT2D eigenvalue weighted by molar-refractivity contribution is -0.347. The van der Waals surface area contributed by atoms with E-state index in [2.05, 4.69) is 69.2 Å². The van der Waals surface area contributed by atoms with Crippen LogP contribution in [0.2, 0.25) is 0 Å². The molecule has 0 bridgehead atoms. The summed E-state index contributed by atoms with van der Waals surface area (Å²) in [5.74, 6) is 5.74. The van der Waals surface area contributed by atoms with Crippen LogP contribution in [0.3, 0.4) is 0 Å². The summed E-state index contributed by atoms with van der Waals surface area (Å²) < 4.78 is 60.2. The third kappa shape index (κ3) is 31.3. The molecular weight excluding hydrogens is 1120 g/mol. The standard InChI is InChI=1S/C76H126O13/c1-55(2)26-20-28-57(5)30-22-32-59(7)34-24-36-61(9)44-46-81-52-66(82-47-45-62(10)37-25-35-60(8)33-23-31-58(6)29-21-27-56(3)4)53-86-76-74(85-51-65-42-18-13-19-43-65)73(84-50-64-40-16-12-17-41-64)72(83-49-63-38-14-11-15-39-63)68(89-76)54-87-75-71(80)70(79)69(78)67(48-77)88-75/h11-19,38-43,55-62,66-80H,20-37,44-54H2,1-10H3/t57-,58-,59-,60-,61-,62-,66-,67-,68-,69-,70+,71-,72-,73+,74-,75-,76+/m1/s1. The van der Waals surface area contributed by atoms with Crippen molar-refractivity contribution < 1.29 is 63.1 Å². The maximum Gasteiger partial charge on any atom is 0.187 e. The van der Waals surface area contributed by atoms with Crippen LogP contribution in [0, 0.1) is 47.3 Å². The fourth-order valence-corrected chi connectivity index (χ4v) is 12.6. The molecule has 0 unspecified atom stereocenters. The molecule has 0 aromatic heterocycles. The molecule has 5 rings (SSSR count). The van der Waals surface area contributed by atoms with Gasteiger partial charge in [-0.2, -0.15) is 0 Å². The maximum absolute atomic E-state index is 11.1. The van der Waals surface area contributed by atoms with Crippen molar-refractivity contribution in [1.29, 1.82) is 0 Å². The first-order valence-electron chi connectivity index (χ1n) is 35.3. The van der Waals surface area contributed by atoms with Crippen molar-refractivity contribution in [2.45, 2.75) is 285 Å². The van der Waals surface area contributed by atoms with Crippen LogP contribution in [0.5, 0.6) is 0 Å². The summed E-state index contributed by atoms with van der Waals surface area (Å²) in [4.78, 5) is 0. The number of benzene rings is 3. The van der Waals surface area contributed by atoms with E-state index in [-0.39, 0.29) is 33.0 Å². The number of ether oxygens (including phenoxy) is 9. The van der Waals surface area contributed by atoms with Crippen LogP contribution in [0.4, 0.5) is 0 Å². The van der Waals surface area contributed by atoms with Crippen molar-refractivity contribution in [3.8, 4) is 0 Å². The minimum absolute atomic E-state index is 0.128.